The highest BCUT2D eigenvalue weighted by Crippen LogP contribution is 2.25. The van der Waals surface area contributed by atoms with E-state index in [4.69, 9.17) is 10.5 Å². The number of methoxy groups -OCH3 is 1. The van der Waals surface area contributed by atoms with E-state index in [1.807, 2.05) is 18.2 Å². The monoisotopic (exact) mass is 255 g/mol. The molecule has 100 valence electrons. The molecule has 0 heterocycles. The normalized spacial score (nSPS) is 12.2. The van der Waals surface area contributed by atoms with Crippen LogP contribution in [0.3, 0.4) is 0 Å². The van der Waals surface area contributed by atoms with E-state index in [2.05, 4.69) is 38.1 Å². The maximum atomic E-state index is 6.29. The molecule has 0 saturated heterocycles. The van der Waals surface area contributed by atoms with Crippen LogP contribution >= 0.6 is 0 Å². The lowest BCUT2D eigenvalue weighted by molar-refractivity contribution is 0.411. The summed E-state index contributed by atoms with van der Waals surface area (Å²) >= 11 is 0. The summed E-state index contributed by atoms with van der Waals surface area (Å²) in [6.07, 6.45) is 0.848. The first kappa shape index (κ1) is 13.6. The van der Waals surface area contributed by atoms with E-state index in [1.165, 1.54) is 16.7 Å². The van der Waals surface area contributed by atoms with Crippen LogP contribution in [0.2, 0.25) is 0 Å². The van der Waals surface area contributed by atoms with Gasteiger partial charge in [0.1, 0.15) is 5.75 Å². The zero-order chi connectivity index (χ0) is 13.8. The van der Waals surface area contributed by atoms with Crippen molar-refractivity contribution >= 4 is 0 Å². The third kappa shape index (κ3) is 3.15. The number of hydrogen-bond donors (Lipinski definition) is 1. The number of rotatable bonds is 4. The van der Waals surface area contributed by atoms with Crippen LogP contribution in [0, 0.1) is 13.8 Å². The second-order valence-corrected chi connectivity index (χ2v) is 4.97. The van der Waals surface area contributed by atoms with Crippen LogP contribution in [-0.4, -0.2) is 7.11 Å². The molecule has 0 aromatic heterocycles. The van der Waals surface area contributed by atoms with E-state index in [0.29, 0.717) is 0 Å². The standard InChI is InChI=1S/C17H21NO/c1-12-10-17(19-3)13(2)9-15(12)11-16(18)14-7-5-4-6-8-14/h4-10,16H,11,18H2,1-3H3. The fourth-order valence-electron chi connectivity index (χ4n) is 2.34. The van der Waals surface area contributed by atoms with Crippen molar-refractivity contribution in [2.75, 3.05) is 7.11 Å². The van der Waals surface area contributed by atoms with Crippen molar-refractivity contribution in [3.05, 3.63) is 64.7 Å². The maximum Gasteiger partial charge on any atom is 0.122 e. The molecule has 2 heteroatoms. The van der Waals surface area contributed by atoms with Crippen LogP contribution in [-0.2, 0) is 6.42 Å². The van der Waals surface area contributed by atoms with E-state index >= 15 is 0 Å². The number of hydrogen-bond acceptors (Lipinski definition) is 2. The van der Waals surface area contributed by atoms with Crippen LogP contribution in [0.1, 0.15) is 28.3 Å². The Kier molecular flexibility index (Phi) is 4.23. The Morgan fingerprint density at radius 1 is 1.05 bits per heavy atom. The minimum Gasteiger partial charge on any atom is -0.496 e. The van der Waals surface area contributed by atoms with E-state index in [9.17, 15) is 0 Å². The van der Waals surface area contributed by atoms with Crippen molar-refractivity contribution in [1.82, 2.24) is 0 Å². The van der Waals surface area contributed by atoms with E-state index in [0.717, 1.165) is 17.7 Å². The quantitative estimate of drug-likeness (QED) is 0.906. The zero-order valence-electron chi connectivity index (χ0n) is 11.8. The largest absolute Gasteiger partial charge is 0.496 e. The lowest BCUT2D eigenvalue weighted by Crippen LogP contribution is -2.14. The smallest absolute Gasteiger partial charge is 0.122 e. The zero-order valence-corrected chi connectivity index (χ0v) is 11.8. The van der Waals surface area contributed by atoms with Crippen molar-refractivity contribution in [3.8, 4) is 5.75 Å². The third-order valence-corrected chi connectivity index (χ3v) is 3.52. The molecule has 0 fully saturated rings. The lowest BCUT2D eigenvalue weighted by atomic mass is 9.95. The summed E-state index contributed by atoms with van der Waals surface area (Å²) in [5.74, 6) is 0.939. The fourth-order valence-corrected chi connectivity index (χ4v) is 2.34. The van der Waals surface area contributed by atoms with Gasteiger partial charge in [-0.25, -0.2) is 0 Å². The van der Waals surface area contributed by atoms with E-state index in [-0.39, 0.29) is 6.04 Å². The van der Waals surface area contributed by atoms with Gasteiger partial charge in [0.15, 0.2) is 0 Å². The van der Waals surface area contributed by atoms with Gasteiger partial charge < -0.3 is 10.5 Å². The molecule has 0 spiro atoms. The molecule has 0 aliphatic rings. The van der Waals surface area contributed by atoms with Crippen molar-refractivity contribution in [2.24, 2.45) is 5.73 Å². The summed E-state index contributed by atoms with van der Waals surface area (Å²) in [6.45, 7) is 4.17. The van der Waals surface area contributed by atoms with Gasteiger partial charge in [0.05, 0.1) is 7.11 Å². The number of benzene rings is 2. The molecule has 2 rings (SSSR count). The Hall–Kier alpha value is -1.80. The molecule has 0 aliphatic carbocycles. The molecular formula is C17H21NO. The van der Waals surface area contributed by atoms with Crippen LogP contribution in [0.5, 0.6) is 5.75 Å². The lowest BCUT2D eigenvalue weighted by Gasteiger charge is -2.16. The molecule has 2 aromatic rings. The van der Waals surface area contributed by atoms with E-state index in [1.54, 1.807) is 7.11 Å². The minimum absolute atomic E-state index is 0.0349. The summed E-state index contributed by atoms with van der Waals surface area (Å²) in [5.41, 5.74) is 11.1. The Balaban J connectivity index is 2.22. The number of ether oxygens (including phenoxy) is 1. The highest BCUT2D eigenvalue weighted by Gasteiger charge is 2.10. The van der Waals surface area contributed by atoms with E-state index < -0.39 is 0 Å². The Labute approximate surface area is 115 Å². The Bertz CT molecular complexity index is 549. The second-order valence-electron chi connectivity index (χ2n) is 4.97. The van der Waals surface area contributed by atoms with Gasteiger partial charge in [0, 0.05) is 6.04 Å². The van der Waals surface area contributed by atoms with Gasteiger partial charge >= 0.3 is 0 Å². The third-order valence-electron chi connectivity index (χ3n) is 3.52. The average molecular weight is 255 g/mol. The molecule has 2 N–H and O–H groups in total. The summed E-state index contributed by atoms with van der Waals surface area (Å²) in [5, 5.41) is 0. The molecule has 0 bridgehead atoms. The first-order valence-electron chi connectivity index (χ1n) is 6.56. The maximum absolute atomic E-state index is 6.29. The van der Waals surface area contributed by atoms with Crippen LogP contribution < -0.4 is 10.5 Å². The summed E-state index contributed by atoms with van der Waals surface area (Å²) < 4.78 is 5.34. The predicted molar refractivity (Wildman–Crippen MR) is 79.5 cm³/mol. The minimum atomic E-state index is 0.0349. The second kappa shape index (κ2) is 5.89. The van der Waals surface area contributed by atoms with Crippen molar-refractivity contribution in [3.63, 3.8) is 0 Å². The fraction of sp³-hybridized carbons (Fsp3) is 0.294. The average Bonchev–Trinajstić information content (AvgIpc) is 2.43. The van der Waals surface area contributed by atoms with Gasteiger partial charge in [0.25, 0.3) is 0 Å². The van der Waals surface area contributed by atoms with Crippen molar-refractivity contribution in [2.45, 2.75) is 26.3 Å². The molecule has 19 heavy (non-hydrogen) atoms. The van der Waals surface area contributed by atoms with Gasteiger partial charge in [-0.3, -0.25) is 0 Å². The summed E-state index contributed by atoms with van der Waals surface area (Å²) in [4.78, 5) is 0. The highest BCUT2D eigenvalue weighted by atomic mass is 16.5. The molecule has 0 radical (unpaired) electrons. The molecular weight excluding hydrogens is 234 g/mol. The first-order valence-corrected chi connectivity index (χ1v) is 6.56. The topological polar surface area (TPSA) is 35.2 Å². The van der Waals surface area contributed by atoms with Gasteiger partial charge in [-0.2, -0.15) is 0 Å². The SMILES string of the molecule is COc1cc(C)c(CC(N)c2ccccc2)cc1C. The van der Waals surface area contributed by atoms with Gasteiger partial charge in [-0.05, 0) is 48.6 Å². The van der Waals surface area contributed by atoms with Crippen LogP contribution in [0.4, 0.5) is 0 Å². The molecule has 1 atom stereocenters. The summed E-state index contributed by atoms with van der Waals surface area (Å²) in [6, 6.07) is 14.5. The Morgan fingerprint density at radius 3 is 2.37 bits per heavy atom. The predicted octanol–water partition coefficient (Wildman–Crippen LogP) is 3.55. The van der Waals surface area contributed by atoms with Crippen LogP contribution in [0.15, 0.2) is 42.5 Å². The Morgan fingerprint density at radius 2 is 1.74 bits per heavy atom. The molecule has 0 amide bonds. The van der Waals surface area contributed by atoms with Crippen LogP contribution in [0.25, 0.3) is 0 Å². The molecule has 0 saturated carbocycles. The van der Waals surface area contributed by atoms with Crippen molar-refractivity contribution in [1.29, 1.82) is 0 Å². The highest BCUT2D eigenvalue weighted by molar-refractivity contribution is 5.42. The molecule has 0 aliphatic heterocycles. The molecule has 2 nitrogen and oxygen atoms in total. The molecule has 2 aromatic carbocycles. The molecule has 1 unspecified atom stereocenters. The summed E-state index contributed by atoms with van der Waals surface area (Å²) in [7, 11) is 1.71. The van der Waals surface area contributed by atoms with Gasteiger partial charge in [0.2, 0.25) is 0 Å². The van der Waals surface area contributed by atoms with Gasteiger partial charge in [-0.1, -0.05) is 36.4 Å². The van der Waals surface area contributed by atoms with Gasteiger partial charge in [-0.15, -0.1) is 0 Å². The van der Waals surface area contributed by atoms with Crippen molar-refractivity contribution < 1.29 is 4.74 Å². The number of nitrogens with two attached hydrogens (primary N) is 1. The first-order chi connectivity index (χ1) is 9.11. The number of aryl methyl sites for hydroxylation is 2.